The van der Waals surface area contributed by atoms with Crippen molar-refractivity contribution in [1.29, 1.82) is 0 Å². The Morgan fingerprint density at radius 2 is 1.47 bits per heavy atom. The first-order valence-electron chi connectivity index (χ1n) is 16.7. The van der Waals surface area contributed by atoms with Crippen molar-refractivity contribution in [2.24, 2.45) is 0 Å². The predicted molar refractivity (Wildman–Crippen MR) is 199 cm³/mol. The van der Waals surface area contributed by atoms with Crippen LogP contribution in [0, 0.1) is 0 Å². The summed E-state index contributed by atoms with van der Waals surface area (Å²) in [6.45, 7) is 7.53. The fourth-order valence-corrected chi connectivity index (χ4v) is 9.78. The zero-order valence-electron chi connectivity index (χ0n) is 29.3. The second-order valence-corrected chi connectivity index (χ2v) is 15.1. The molecule has 0 saturated carbocycles. The fourth-order valence-electron chi connectivity index (χ4n) is 5.70. The second kappa shape index (κ2) is 16.8. The number of methoxy groups -OCH3 is 1. The highest BCUT2D eigenvalue weighted by molar-refractivity contribution is 7.68. The lowest BCUT2D eigenvalue weighted by Gasteiger charge is -2.24. The van der Waals surface area contributed by atoms with Crippen molar-refractivity contribution >= 4 is 48.6 Å². The molecule has 3 N–H and O–H groups in total. The number of hydrogen-bond donors (Lipinski definition) is 2. The van der Waals surface area contributed by atoms with Gasteiger partial charge in [0, 0.05) is 29.6 Å². The number of fused-ring (bicyclic) bond motifs is 1. The Labute approximate surface area is 297 Å². The van der Waals surface area contributed by atoms with Crippen molar-refractivity contribution in [3.8, 4) is 22.6 Å². The minimum Gasteiger partial charge on any atom is -0.497 e. The van der Waals surface area contributed by atoms with Crippen molar-refractivity contribution in [3.05, 3.63) is 90.4 Å². The van der Waals surface area contributed by atoms with Crippen LogP contribution in [-0.2, 0) is 33.6 Å². The Bertz CT molecular complexity index is 2070. The third-order valence-electron chi connectivity index (χ3n) is 7.93. The maximum atomic E-state index is 14.0. The molecule has 2 aromatic heterocycles. The monoisotopic (exact) mass is 735 g/mol. The highest BCUT2D eigenvalue weighted by atomic mass is 31.2. The topological polar surface area (TPSA) is 166 Å². The maximum absolute atomic E-state index is 14.0. The molecule has 0 bridgehead atoms. The van der Waals surface area contributed by atoms with Crippen LogP contribution in [0.15, 0.2) is 79.3 Å². The lowest BCUT2D eigenvalue weighted by molar-refractivity contribution is 0.0954. The van der Waals surface area contributed by atoms with E-state index in [0.29, 0.717) is 34.6 Å². The number of benzene rings is 3. The SMILES string of the molecule is CCOP(=O)(OCC)c1ccc(CCNC(=O)c2ccc(-n3cc(-c4cccc(OC)c4)c4c(N)ncnc43)cc2)cc1P(=O)(OCC)OCC. The molecule has 270 valence electrons. The van der Waals surface area contributed by atoms with Gasteiger partial charge >= 0.3 is 15.2 Å². The first-order chi connectivity index (χ1) is 24.6. The molecule has 0 spiro atoms. The predicted octanol–water partition coefficient (Wildman–Crippen LogP) is 6.43. The zero-order chi connectivity index (χ0) is 36.6. The third-order valence-corrected chi connectivity index (χ3v) is 12.4. The number of nitrogen functional groups attached to an aromatic ring is 1. The third kappa shape index (κ3) is 8.25. The lowest BCUT2D eigenvalue weighted by atomic mass is 10.1. The molecule has 0 saturated heterocycles. The van der Waals surface area contributed by atoms with Crippen molar-refractivity contribution in [1.82, 2.24) is 19.9 Å². The number of carbonyl (C=O) groups is 1. The van der Waals surface area contributed by atoms with Gasteiger partial charge in [-0.2, -0.15) is 0 Å². The van der Waals surface area contributed by atoms with Gasteiger partial charge in [0.1, 0.15) is 17.9 Å². The first kappa shape index (κ1) is 37.9. The van der Waals surface area contributed by atoms with Crippen LogP contribution in [0.25, 0.3) is 27.8 Å². The number of nitrogens with one attached hydrogen (secondary N) is 1. The molecule has 0 aliphatic rings. The van der Waals surface area contributed by atoms with Gasteiger partial charge in [0.25, 0.3) is 5.91 Å². The van der Waals surface area contributed by atoms with E-state index >= 15 is 0 Å². The van der Waals surface area contributed by atoms with Gasteiger partial charge in [0.2, 0.25) is 0 Å². The Morgan fingerprint density at radius 1 is 0.824 bits per heavy atom. The number of anilines is 1. The Balaban J connectivity index is 1.35. The molecule has 0 unspecified atom stereocenters. The second-order valence-electron chi connectivity index (χ2n) is 11.1. The van der Waals surface area contributed by atoms with Crippen LogP contribution < -0.4 is 26.4 Å². The van der Waals surface area contributed by atoms with E-state index in [1.54, 1.807) is 65.1 Å². The number of rotatable bonds is 17. The average molecular weight is 736 g/mol. The van der Waals surface area contributed by atoms with E-state index in [9.17, 15) is 13.9 Å². The van der Waals surface area contributed by atoms with E-state index in [1.807, 2.05) is 47.2 Å². The molecular weight excluding hydrogens is 692 g/mol. The van der Waals surface area contributed by atoms with Gasteiger partial charge in [-0.3, -0.25) is 13.9 Å². The molecule has 13 nitrogen and oxygen atoms in total. The van der Waals surface area contributed by atoms with Crippen molar-refractivity contribution in [2.45, 2.75) is 34.1 Å². The molecule has 1 amide bonds. The van der Waals surface area contributed by atoms with Crippen molar-refractivity contribution in [3.63, 3.8) is 0 Å². The number of aromatic nitrogens is 3. The smallest absolute Gasteiger partial charge is 0.362 e. The molecule has 15 heteroatoms. The van der Waals surface area contributed by atoms with Crippen LogP contribution in [-0.4, -0.2) is 60.5 Å². The number of ether oxygens (including phenoxy) is 1. The zero-order valence-corrected chi connectivity index (χ0v) is 31.1. The van der Waals surface area contributed by atoms with Crippen LogP contribution in [0.1, 0.15) is 43.6 Å². The molecule has 0 radical (unpaired) electrons. The maximum Gasteiger partial charge on any atom is 0.362 e. The molecule has 0 fully saturated rings. The standard InChI is InChI=1S/C36H43N5O8P2/c1-6-46-50(43,47-7-2)31-18-13-25(21-32(31)51(44,48-8-3)49-9-4)19-20-38-36(42)26-14-16-28(17-15-26)41-23-30(27-11-10-12-29(22-27)45-5)33-34(37)39-24-40-35(33)41/h10-18,21-24H,6-9,19-20H2,1-5H3,(H,38,42)(H2,37,39,40). The summed E-state index contributed by atoms with van der Waals surface area (Å²) in [5.41, 5.74) is 10.6. The minimum atomic E-state index is -3.89. The largest absolute Gasteiger partial charge is 0.497 e. The number of nitrogens with two attached hydrogens (primary N) is 1. The summed E-state index contributed by atoms with van der Waals surface area (Å²) in [6.07, 6.45) is 3.74. The summed E-state index contributed by atoms with van der Waals surface area (Å²) in [5.74, 6) is 0.790. The fraction of sp³-hybridized carbons (Fsp3) is 0.306. The highest BCUT2D eigenvalue weighted by Crippen LogP contribution is 2.53. The van der Waals surface area contributed by atoms with Crippen LogP contribution in [0.3, 0.4) is 0 Å². The lowest BCUT2D eigenvalue weighted by Crippen LogP contribution is -2.30. The van der Waals surface area contributed by atoms with E-state index < -0.39 is 15.2 Å². The number of nitrogens with zero attached hydrogens (tertiary/aromatic N) is 3. The molecule has 0 atom stereocenters. The molecule has 0 aliphatic heterocycles. The number of hydrogen-bond acceptors (Lipinski definition) is 11. The van der Waals surface area contributed by atoms with Crippen LogP contribution in [0.5, 0.6) is 5.75 Å². The molecule has 5 aromatic rings. The van der Waals surface area contributed by atoms with E-state index in [2.05, 4.69) is 15.3 Å². The van der Waals surface area contributed by atoms with E-state index in [-0.39, 0.29) is 49.5 Å². The molecule has 2 heterocycles. The first-order valence-corrected chi connectivity index (χ1v) is 19.8. The van der Waals surface area contributed by atoms with Gasteiger partial charge in [-0.05, 0) is 93.8 Å². The van der Waals surface area contributed by atoms with E-state index in [0.717, 1.165) is 22.4 Å². The van der Waals surface area contributed by atoms with E-state index in [1.165, 1.54) is 6.33 Å². The summed E-state index contributed by atoms with van der Waals surface area (Å²) < 4.78 is 57.5. The van der Waals surface area contributed by atoms with Gasteiger partial charge in [-0.1, -0.05) is 18.2 Å². The Hall–Kier alpha value is -4.35. The molecule has 3 aromatic carbocycles. The van der Waals surface area contributed by atoms with Gasteiger partial charge < -0.3 is 38.4 Å². The summed E-state index contributed by atoms with van der Waals surface area (Å²) in [6, 6.07) is 19.7. The quantitative estimate of drug-likeness (QED) is 0.101. The van der Waals surface area contributed by atoms with Crippen LogP contribution in [0.4, 0.5) is 5.82 Å². The van der Waals surface area contributed by atoms with Crippen molar-refractivity contribution < 1.29 is 36.8 Å². The summed E-state index contributed by atoms with van der Waals surface area (Å²) in [4.78, 5) is 21.9. The van der Waals surface area contributed by atoms with Crippen molar-refractivity contribution in [2.75, 3.05) is 45.8 Å². The minimum absolute atomic E-state index is 0.106. The molecular formula is C36H43N5O8P2. The summed E-state index contributed by atoms with van der Waals surface area (Å²) in [5, 5.41) is 3.90. The molecule has 51 heavy (non-hydrogen) atoms. The molecule has 0 aliphatic carbocycles. The van der Waals surface area contributed by atoms with Gasteiger partial charge in [0.05, 0.1) is 49.5 Å². The highest BCUT2D eigenvalue weighted by Gasteiger charge is 2.39. The number of amides is 1. The normalized spacial score (nSPS) is 11.9. The summed E-state index contributed by atoms with van der Waals surface area (Å²) >= 11 is 0. The summed E-state index contributed by atoms with van der Waals surface area (Å²) in [7, 11) is -6.11. The van der Waals surface area contributed by atoms with Crippen LogP contribution >= 0.6 is 15.2 Å². The Kier molecular flexibility index (Phi) is 12.5. The molecule has 5 rings (SSSR count). The van der Waals surface area contributed by atoms with E-state index in [4.69, 9.17) is 28.6 Å². The Morgan fingerprint density at radius 3 is 2.10 bits per heavy atom. The number of carbonyl (C=O) groups excluding carboxylic acids is 1. The van der Waals surface area contributed by atoms with Crippen LogP contribution in [0.2, 0.25) is 0 Å². The van der Waals surface area contributed by atoms with Gasteiger partial charge in [-0.25, -0.2) is 9.97 Å². The average Bonchev–Trinajstić information content (AvgIpc) is 3.53. The van der Waals surface area contributed by atoms with Gasteiger partial charge in [0.15, 0.2) is 5.65 Å². The van der Waals surface area contributed by atoms with Gasteiger partial charge in [-0.15, -0.1) is 0 Å².